The molecule has 0 aromatic heterocycles. The van der Waals surface area contributed by atoms with Gasteiger partial charge in [-0.3, -0.25) is 4.90 Å². The molecule has 1 saturated heterocycles. The Hall–Kier alpha value is -0.853. The van der Waals surface area contributed by atoms with Crippen molar-refractivity contribution in [3.05, 3.63) is 12.7 Å². The molecule has 0 spiro atoms. The zero-order chi connectivity index (χ0) is 20.9. The van der Waals surface area contributed by atoms with Crippen molar-refractivity contribution in [3.63, 3.8) is 0 Å². The molecule has 1 heterocycles. The largest absolute Gasteiger partial charge is 0.444 e. The summed E-state index contributed by atoms with van der Waals surface area (Å²) in [6.07, 6.45) is 3.21. The molecule has 5 nitrogen and oxygen atoms in total. The lowest BCUT2D eigenvalue weighted by molar-refractivity contribution is -0.0673. The van der Waals surface area contributed by atoms with Crippen LogP contribution in [-0.4, -0.2) is 49.4 Å². The van der Waals surface area contributed by atoms with Gasteiger partial charge in [0.15, 0.2) is 8.32 Å². The van der Waals surface area contributed by atoms with Crippen LogP contribution >= 0.6 is 0 Å². The van der Waals surface area contributed by atoms with Crippen molar-refractivity contribution in [2.45, 2.75) is 110 Å². The molecule has 1 aliphatic rings. The van der Waals surface area contributed by atoms with E-state index < -0.39 is 19.6 Å². The fourth-order valence-corrected chi connectivity index (χ4v) is 6.62. The molecule has 2 atom stereocenters. The summed E-state index contributed by atoms with van der Waals surface area (Å²) in [4.78, 5) is 14.8. The third-order valence-corrected chi connectivity index (χ3v) is 10.2. The molecule has 27 heavy (non-hydrogen) atoms. The van der Waals surface area contributed by atoms with E-state index in [1.165, 1.54) is 0 Å². The number of carbonyl (C=O) groups excluding carboxylic acids is 1. The molecule has 0 saturated carbocycles. The van der Waals surface area contributed by atoms with Gasteiger partial charge in [0, 0.05) is 0 Å². The SMILES string of the molecule is C=CCC[C@@H](O[Si](CC)(CC)CC)[C@@H]1COC(C)(C)N1C(=O)OC(C)(C)C. The highest BCUT2D eigenvalue weighted by Crippen LogP contribution is 2.35. The van der Waals surface area contributed by atoms with Gasteiger partial charge in [0.25, 0.3) is 0 Å². The molecular formula is C21H41NO4Si. The number of hydrogen-bond donors (Lipinski definition) is 0. The van der Waals surface area contributed by atoms with Crippen molar-refractivity contribution in [1.82, 2.24) is 4.90 Å². The van der Waals surface area contributed by atoms with Crippen LogP contribution in [0.4, 0.5) is 4.79 Å². The van der Waals surface area contributed by atoms with E-state index in [2.05, 4.69) is 27.4 Å². The van der Waals surface area contributed by atoms with E-state index in [0.717, 1.165) is 31.0 Å². The Labute approximate surface area is 167 Å². The summed E-state index contributed by atoms with van der Waals surface area (Å²) in [6.45, 7) is 20.5. The van der Waals surface area contributed by atoms with Gasteiger partial charge in [-0.15, -0.1) is 6.58 Å². The van der Waals surface area contributed by atoms with Crippen LogP contribution in [0.15, 0.2) is 12.7 Å². The minimum atomic E-state index is -1.82. The smallest absolute Gasteiger partial charge is 0.412 e. The molecule has 1 rings (SSSR count). The maximum absolute atomic E-state index is 13.0. The predicted molar refractivity (Wildman–Crippen MR) is 113 cm³/mol. The molecule has 0 radical (unpaired) electrons. The highest BCUT2D eigenvalue weighted by atomic mass is 28.4. The average molecular weight is 400 g/mol. The summed E-state index contributed by atoms with van der Waals surface area (Å²) in [7, 11) is -1.82. The summed E-state index contributed by atoms with van der Waals surface area (Å²) < 4.78 is 18.5. The first-order chi connectivity index (χ1) is 12.4. The van der Waals surface area contributed by atoms with E-state index in [9.17, 15) is 4.79 Å². The molecule has 1 amide bonds. The maximum atomic E-state index is 13.0. The normalized spacial score (nSPS) is 21.2. The number of carbonyl (C=O) groups is 1. The average Bonchev–Trinajstić information content (AvgIpc) is 2.89. The second-order valence-electron chi connectivity index (χ2n) is 8.94. The number of amides is 1. The topological polar surface area (TPSA) is 48.0 Å². The Bertz CT molecular complexity index is 489. The van der Waals surface area contributed by atoms with Crippen molar-refractivity contribution >= 4 is 14.4 Å². The quantitative estimate of drug-likeness (QED) is 0.368. The zero-order valence-corrected chi connectivity index (χ0v) is 19.8. The Morgan fingerprint density at radius 3 is 2.30 bits per heavy atom. The molecule has 0 aromatic carbocycles. The van der Waals surface area contributed by atoms with E-state index in [1.54, 1.807) is 4.90 Å². The predicted octanol–water partition coefficient (Wildman–Crippen LogP) is 5.72. The number of rotatable bonds is 9. The highest BCUT2D eigenvalue weighted by molar-refractivity contribution is 6.73. The first-order valence-electron chi connectivity index (χ1n) is 10.4. The molecule has 0 unspecified atom stereocenters. The first kappa shape index (κ1) is 24.2. The standard InChI is InChI=1S/C21H41NO4Si/c1-10-14-15-18(26-27(11-2,12-3)13-4)17-16-24-21(8,9)22(17)19(23)25-20(5,6)7/h10,17-18H,1,11-16H2,2-9H3/t17-,18+/m0/s1. The summed E-state index contributed by atoms with van der Waals surface area (Å²) in [5, 5.41) is 0. The summed E-state index contributed by atoms with van der Waals surface area (Å²) in [5.74, 6) is 0. The van der Waals surface area contributed by atoms with Crippen molar-refractivity contribution in [2.24, 2.45) is 0 Å². The van der Waals surface area contributed by atoms with Gasteiger partial charge in [-0.25, -0.2) is 4.79 Å². The summed E-state index contributed by atoms with van der Waals surface area (Å²) in [5.41, 5.74) is -1.26. The number of ether oxygens (including phenoxy) is 2. The second-order valence-corrected chi connectivity index (χ2v) is 13.7. The number of nitrogens with zero attached hydrogens (tertiary/aromatic N) is 1. The van der Waals surface area contributed by atoms with Crippen molar-refractivity contribution < 1.29 is 18.7 Å². The van der Waals surface area contributed by atoms with E-state index in [1.807, 2.05) is 40.7 Å². The van der Waals surface area contributed by atoms with Gasteiger partial charge >= 0.3 is 6.09 Å². The maximum Gasteiger partial charge on any atom is 0.412 e. The summed E-state index contributed by atoms with van der Waals surface area (Å²) in [6, 6.07) is 3.09. The lowest BCUT2D eigenvalue weighted by Gasteiger charge is -2.41. The first-order valence-corrected chi connectivity index (χ1v) is 12.9. The Balaban J connectivity index is 3.17. The van der Waals surface area contributed by atoms with Crippen LogP contribution in [0.25, 0.3) is 0 Å². The van der Waals surface area contributed by atoms with Gasteiger partial charge in [0.1, 0.15) is 11.3 Å². The zero-order valence-electron chi connectivity index (χ0n) is 18.8. The molecule has 6 heteroatoms. The highest BCUT2D eigenvalue weighted by Gasteiger charge is 2.50. The van der Waals surface area contributed by atoms with Gasteiger partial charge in [-0.1, -0.05) is 26.8 Å². The fourth-order valence-electron chi connectivity index (χ4n) is 3.71. The molecule has 0 N–H and O–H groups in total. The molecule has 0 aromatic rings. The number of hydrogen-bond acceptors (Lipinski definition) is 4. The van der Waals surface area contributed by atoms with E-state index in [4.69, 9.17) is 13.9 Å². The van der Waals surface area contributed by atoms with Gasteiger partial charge < -0.3 is 13.9 Å². The van der Waals surface area contributed by atoms with Crippen molar-refractivity contribution in [3.8, 4) is 0 Å². The van der Waals surface area contributed by atoms with Crippen LogP contribution in [0, 0.1) is 0 Å². The van der Waals surface area contributed by atoms with Crippen LogP contribution in [0.1, 0.15) is 68.2 Å². The van der Waals surface area contributed by atoms with E-state index >= 15 is 0 Å². The lowest BCUT2D eigenvalue weighted by atomic mass is 10.0. The third kappa shape index (κ3) is 6.33. The monoisotopic (exact) mass is 399 g/mol. The Kier molecular flexibility index (Phi) is 8.57. The molecular weight excluding hydrogens is 358 g/mol. The van der Waals surface area contributed by atoms with Crippen LogP contribution in [0.3, 0.4) is 0 Å². The van der Waals surface area contributed by atoms with Crippen LogP contribution < -0.4 is 0 Å². The van der Waals surface area contributed by atoms with Crippen molar-refractivity contribution in [2.75, 3.05) is 6.61 Å². The Morgan fingerprint density at radius 2 is 1.85 bits per heavy atom. The minimum Gasteiger partial charge on any atom is -0.444 e. The molecule has 0 bridgehead atoms. The molecule has 1 aliphatic heterocycles. The van der Waals surface area contributed by atoms with Crippen LogP contribution in [-0.2, 0) is 13.9 Å². The molecule has 1 fully saturated rings. The summed E-state index contributed by atoms with van der Waals surface area (Å²) >= 11 is 0. The van der Waals surface area contributed by atoms with Crippen molar-refractivity contribution in [1.29, 1.82) is 0 Å². The fraction of sp³-hybridized carbons (Fsp3) is 0.857. The van der Waals surface area contributed by atoms with Crippen LogP contribution in [0.5, 0.6) is 0 Å². The molecule has 158 valence electrons. The minimum absolute atomic E-state index is 0.0659. The van der Waals surface area contributed by atoms with Gasteiger partial charge in [0.2, 0.25) is 0 Å². The van der Waals surface area contributed by atoms with Gasteiger partial charge in [0.05, 0.1) is 18.8 Å². The Morgan fingerprint density at radius 1 is 1.30 bits per heavy atom. The third-order valence-electron chi connectivity index (χ3n) is 5.53. The van der Waals surface area contributed by atoms with Gasteiger partial charge in [-0.05, 0) is 65.6 Å². The second kappa shape index (κ2) is 9.57. The van der Waals surface area contributed by atoms with E-state index in [-0.39, 0.29) is 18.2 Å². The lowest BCUT2D eigenvalue weighted by Crippen LogP contribution is -2.55. The molecule has 0 aliphatic carbocycles. The number of allylic oxidation sites excluding steroid dienone is 1. The van der Waals surface area contributed by atoms with Gasteiger partial charge in [-0.2, -0.15) is 0 Å². The van der Waals surface area contributed by atoms with E-state index in [0.29, 0.717) is 6.61 Å². The van der Waals surface area contributed by atoms with Crippen LogP contribution in [0.2, 0.25) is 18.1 Å².